The van der Waals surface area contributed by atoms with Gasteiger partial charge in [-0.25, -0.2) is 4.39 Å². The first kappa shape index (κ1) is 9.71. The van der Waals surface area contributed by atoms with E-state index in [1.165, 1.54) is 6.07 Å². The predicted octanol–water partition coefficient (Wildman–Crippen LogP) is 1.84. The van der Waals surface area contributed by atoms with E-state index >= 15 is 0 Å². The van der Waals surface area contributed by atoms with Crippen LogP contribution in [0.2, 0.25) is 0 Å². The highest BCUT2D eigenvalue weighted by molar-refractivity contribution is 5.87. The Bertz CT molecular complexity index is 754. The fraction of sp³-hybridized carbons (Fsp3) is 0. The molecule has 6 heteroatoms. The first-order valence-electron chi connectivity index (χ1n) is 4.91. The Morgan fingerprint density at radius 1 is 1.35 bits per heavy atom. The van der Waals surface area contributed by atoms with Gasteiger partial charge in [0.1, 0.15) is 11.5 Å². The lowest BCUT2D eigenvalue weighted by atomic mass is 10.2. The van der Waals surface area contributed by atoms with E-state index in [1.807, 2.05) is 0 Å². The zero-order valence-electron chi connectivity index (χ0n) is 8.58. The summed E-state index contributed by atoms with van der Waals surface area (Å²) in [4.78, 5) is 14.0. The molecule has 3 aromatic rings. The van der Waals surface area contributed by atoms with Crippen molar-refractivity contribution in [2.75, 3.05) is 5.73 Å². The van der Waals surface area contributed by atoms with E-state index in [0.29, 0.717) is 16.6 Å². The highest BCUT2D eigenvalue weighted by Crippen LogP contribution is 2.27. The summed E-state index contributed by atoms with van der Waals surface area (Å²) in [6, 6.07) is 6.37. The van der Waals surface area contributed by atoms with Crippen molar-refractivity contribution >= 4 is 16.6 Å². The molecule has 0 spiro atoms. The van der Waals surface area contributed by atoms with E-state index in [1.54, 1.807) is 18.2 Å². The Labute approximate surface area is 94.0 Å². The molecule has 3 rings (SSSR count). The van der Waals surface area contributed by atoms with Crippen LogP contribution in [-0.2, 0) is 0 Å². The highest BCUT2D eigenvalue weighted by atomic mass is 19.1. The van der Waals surface area contributed by atoms with Gasteiger partial charge in [-0.05, 0) is 12.1 Å². The molecule has 0 saturated heterocycles. The molecule has 2 heterocycles. The number of hydrogen-bond donors (Lipinski definition) is 3. The minimum Gasteiger partial charge on any atom is -0.391 e. The molecule has 1 aromatic carbocycles. The van der Waals surface area contributed by atoms with Gasteiger partial charge in [0.05, 0.1) is 11.2 Å². The van der Waals surface area contributed by atoms with E-state index in [4.69, 9.17) is 10.3 Å². The van der Waals surface area contributed by atoms with Gasteiger partial charge in [-0.15, -0.1) is 0 Å². The van der Waals surface area contributed by atoms with Gasteiger partial charge in [-0.2, -0.15) is 5.16 Å². The van der Waals surface area contributed by atoms with E-state index in [2.05, 4.69) is 10.1 Å². The van der Waals surface area contributed by atoms with Crippen LogP contribution in [0.25, 0.3) is 22.4 Å². The molecule has 4 N–H and O–H groups in total. The Balaban J connectivity index is 2.29. The maximum Gasteiger partial charge on any atom is 0.303 e. The first-order valence-corrected chi connectivity index (χ1v) is 4.91. The van der Waals surface area contributed by atoms with Gasteiger partial charge >= 0.3 is 5.56 Å². The number of aromatic amines is 2. The molecule has 0 radical (unpaired) electrons. The van der Waals surface area contributed by atoms with E-state index in [9.17, 15) is 9.18 Å². The van der Waals surface area contributed by atoms with Crippen molar-refractivity contribution in [3.8, 4) is 11.5 Å². The molecule has 0 saturated carbocycles. The fourth-order valence-electron chi connectivity index (χ4n) is 1.75. The molecule has 0 unspecified atom stereocenters. The minimum absolute atomic E-state index is 0.0306. The van der Waals surface area contributed by atoms with E-state index in [-0.39, 0.29) is 17.3 Å². The number of para-hydroxylation sites is 1. The molecule has 0 aliphatic carbocycles. The molecule has 0 atom stereocenters. The van der Waals surface area contributed by atoms with Gasteiger partial charge < -0.3 is 15.2 Å². The second-order valence-electron chi connectivity index (χ2n) is 3.66. The Kier molecular flexibility index (Phi) is 1.85. The van der Waals surface area contributed by atoms with Crippen molar-refractivity contribution in [1.82, 2.24) is 10.1 Å². The normalized spacial score (nSPS) is 11.1. The molecule has 17 heavy (non-hydrogen) atoms. The molecule has 2 aromatic heterocycles. The van der Waals surface area contributed by atoms with Crippen LogP contribution in [0.15, 0.2) is 33.6 Å². The number of nitrogens with two attached hydrogens (primary N) is 1. The van der Waals surface area contributed by atoms with E-state index < -0.39 is 5.56 Å². The lowest BCUT2D eigenvalue weighted by Gasteiger charge is -1.91. The smallest absolute Gasteiger partial charge is 0.303 e. The predicted molar refractivity (Wildman–Crippen MR) is 61.0 cm³/mol. The number of anilines is 1. The third-order valence-electron chi connectivity index (χ3n) is 2.59. The zero-order valence-corrected chi connectivity index (χ0v) is 8.58. The number of nitrogens with one attached hydrogen (secondary N) is 2. The quantitative estimate of drug-likeness (QED) is 0.599. The number of fused-ring (bicyclic) bond motifs is 1. The number of halogens is 1. The summed E-state index contributed by atoms with van der Waals surface area (Å²) in [6.45, 7) is 0. The van der Waals surface area contributed by atoms with Crippen molar-refractivity contribution in [2.45, 2.75) is 0 Å². The molecule has 0 aliphatic rings. The summed E-state index contributed by atoms with van der Waals surface area (Å²) in [6.07, 6.45) is 0. The second-order valence-corrected chi connectivity index (χ2v) is 3.66. The lowest BCUT2D eigenvalue weighted by Crippen LogP contribution is -2.04. The van der Waals surface area contributed by atoms with Crippen molar-refractivity contribution in [2.24, 2.45) is 0 Å². The first-order chi connectivity index (χ1) is 8.16. The molecule has 5 nitrogen and oxygen atoms in total. The third-order valence-corrected chi connectivity index (χ3v) is 2.59. The van der Waals surface area contributed by atoms with Gasteiger partial charge in [-0.1, -0.05) is 12.1 Å². The number of rotatable bonds is 1. The largest absolute Gasteiger partial charge is 0.391 e. The average molecular weight is 233 g/mol. The SMILES string of the molecule is Nc1c(-c2cc3cccc(F)c3[nH]2)o[nH]c1=O. The van der Waals surface area contributed by atoms with Gasteiger partial charge in [0.2, 0.25) is 5.76 Å². The van der Waals surface area contributed by atoms with Crippen LogP contribution < -0.4 is 11.3 Å². The molecule has 86 valence electrons. The fourth-order valence-corrected chi connectivity index (χ4v) is 1.75. The maximum atomic E-state index is 13.5. The zero-order chi connectivity index (χ0) is 12.0. The summed E-state index contributed by atoms with van der Waals surface area (Å²) in [5.74, 6) is -0.184. The number of benzene rings is 1. The summed E-state index contributed by atoms with van der Waals surface area (Å²) in [5, 5.41) is 2.81. The number of hydrogen-bond acceptors (Lipinski definition) is 3. The Morgan fingerprint density at radius 2 is 2.18 bits per heavy atom. The highest BCUT2D eigenvalue weighted by Gasteiger charge is 2.14. The number of H-pyrrole nitrogens is 2. The topological polar surface area (TPSA) is 87.8 Å². The Hall–Kier alpha value is -2.50. The van der Waals surface area contributed by atoms with Gasteiger partial charge in [0.25, 0.3) is 0 Å². The summed E-state index contributed by atoms with van der Waals surface area (Å²) in [7, 11) is 0. The molecule has 0 bridgehead atoms. The van der Waals surface area contributed by atoms with Gasteiger partial charge in [-0.3, -0.25) is 4.79 Å². The molecular formula is C11H8FN3O2. The minimum atomic E-state index is -0.501. The maximum absolute atomic E-state index is 13.5. The van der Waals surface area contributed by atoms with Gasteiger partial charge in [0.15, 0.2) is 0 Å². The molecule has 0 aliphatic heterocycles. The van der Waals surface area contributed by atoms with Crippen LogP contribution in [0.4, 0.5) is 10.1 Å². The monoisotopic (exact) mass is 233 g/mol. The molecule has 0 amide bonds. The Morgan fingerprint density at radius 3 is 2.82 bits per heavy atom. The van der Waals surface area contributed by atoms with Crippen LogP contribution in [0, 0.1) is 5.82 Å². The summed E-state index contributed by atoms with van der Waals surface area (Å²) in [5.41, 5.74) is 5.82. The van der Waals surface area contributed by atoms with Gasteiger partial charge in [0, 0.05) is 5.39 Å². The van der Waals surface area contributed by atoms with Crippen molar-refractivity contribution in [3.63, 3.8) is 0 Å². The number of nitrogen functional groups attached to an aromatic ring is 1. The lowest BCUT2D eigenvalue weighted by molar-refractivity contribution is 0.425. The van der Waals surface area contributed by atoms with Crippen LogP contribution in [0.5, 0.6) is 0 Å². The summed E-state index contributed by atoms with van der Waals surface area (Å²) >= 11 is 0. The second kappa shape index (κ2) is 3.24. The third kappa shape index (κ3) is 1.34. The number of aromatic nitrogens is 2. The van der Waals surface area contributed by atoms with Crippen LogP contribution in [-0.4, -0.2) is 10.1 Å². The van der Waals surface area contributed by atoms with Crippen molar-refractivity contribution in [1.29, 1.82) is 0 Å². The van der Waals surface area contributed by atoms with Crippen molar-refractivity contribution in [3.05, 3.63) is 40.4 Å². The standard InChI is InChI=1S/C11H8FN3O2/c12-6-3-1-2-5-4-7(14-9(5)6)10-8(13)11(16)15-17-10/h1-4,14H,13H2,(H,15,16). The van der Waals surface area contributed by atoms with Crippen LogP contribution in [0.3, 0.4) is 0 Å². The van der Waals surface area contributed by atoms with Crippen LogP contribution >= 0.6 is 0 Å². The average Bonchev–Trinajstić information content (AvgIpc) is 2.85. The molecule has 0 fully saturated rings. The van der Waals surface area contributed by atoms with Crippen LogP contribution in [0.1, 0.15) is 0 Å². The van der Waals surface area contributed by atoms with Crippen molar-refractivity contribution < 1.29 is 8.91 Å². The van der Waals surface area contributed by atoms with E-state index in [0.717, 1.165) is 0 Å². The molecular weight excluding hydrogens is 225 g/mol. The summed E-state index contributed by atoms with van der Waals surface area (Å²) < 4.78 is 18.4.